The van der Waals surface area contributed by atoms with Crippen molar-refractivity contribution in [3.63, 3.8) is 0 Å². The van der Waals surface area contributed by atoms with Gasteiger partial charge in [0, 0.05) is 17.5 Å². The van der Waals surface area contributed by atoms with Crippen LogP contribution < -0.4 is 11.1 Å². The summed E-state index contributed by atoms with van der Waals surface area (Å²) in [6, 6.07) is 0. The number of anilines is 1. The van der Waals surface area contributed by atoms with Gasteiger partial charge in [-0.2, -0.15) is 0 Å². The van der Waals surface area contributed by atoms with Gasteiger partial charge in [0.05, 0.1) is 5.69 Å². The maximum absolute atomic E-state index is 11.8. The van der Waals surface area contributed by atoms with E-state index >= 15 is 0 Å². The van der Waals surface area contributed by atoms with E-state index in [9.17, 15) is 4.79 Å². The van der Waals surface area contributed by atoms with E-state index in [0.29, 0.717) is 18.1 Å². The molecule has 0 saturated heterocycles. The predicted molar refractivity (Wildman–Crippen MR) is 63.9 cm³/mol. The molecule has 0 aromatic carbocycles. The minimum atomic E-state index is -0.319. The van der Waals surface area contributed by atoms with Gasteiger partial charge in [-0.25, -0.2) is 4.98 Å². The zero-order chi connectivity index (χ0) is 12.4. The molecule has 2 aromatic rings. The van der Waals surface area contributed by atoms with E-state index in [1.165, 1.54) is 11.3 Å². The number of nitrogens with zero attached hydrogens (tertiary/aromatic N) is 2. The van der Waals surface area contributed by atoms with Gasteiger partial charge in [0.15, 0.2) is 0 Å². The molecule has 17 heavy (non-hydrogen) atoms. The number of aryl methyl sites for hydroxylation is 1. The van der Waals surface area contributed by atoms with Crippen molar-refractivity contribution in [2.45, 2.75) is 20.4 Å². The van der Waals surface area contributed by atoms with E-state index < -0.39 is 0 Å². The van der Waals surface area contributed by atoms with Crippen LogP contribution in [0, 0.1) is 13.8 Å². The number of carbonyl (C=O) groups is 1. The van der Waals surface area contributed by atoms with Crippen molar-refractivity contribution in [2.24, 2.45) is 5.73 Å². The third-order valence-electron chi connectivity index (χ3n) is 2.34. The summed E-state index contributed by atoms with van der Waals surface area (Å²) < 4.78 is 4.99. The summed E-state index contributed by atoms with van der Waals surface area (Å²) in [4.78, 5) is 15.9. The minimum Gasteiger partial charge on any atom is -0.338 e. The van der Waals surface area contributed by atoms with E-state index in [2.05, 4.69) is 15.5 Å². The Balaban J connectivity index is 2.14. The molecule has 0 fully saturated rings. The SMILES string of the molecule is Cc1noc(NC(=O)c2csc(CN)n2)c1C. The van der Waals surface area contributed by atoms with Crippen molar-refractivity contribution in [3.8, 4) is 0 Å². The maximum Gasteiger partial charge on any atom is 0.277 e. The molecule has 0 aliphatic heterocycles. The van der Waals surface area contributed by atoms with Gasteiger partial charge in [-0.3, -0.25) is 10.1 Å². The average Bonchev–Trinajstić information content (AvgIpc) is 2.91. The van der Waals surface area contributed by atoms with Gasteiger partial charge in [0.2, 0.25) is 5.88 Å². The highest BCUT2D eigenvalue weighted by Gasteiger charge is 2.15. The number of carbonyl (C=O) groups excluding carboxylic acids is 1. The Labute approximate surface area is 102 Å². The molecule has 3 N–H and O–H groups in total. The van der Waals surface area contributed by atoms with Crippen molar-refractivity contribution in [3.05, 3.63) is 27.3 Å². The molecule has 2 aromatic heterocycles. The van der Waals surface area contributed by atoms with Crippen LogP contribution in [0.25, 0.3) is 0 Å². The monoisotopic (exact) mass is 252 g/mol. The van der Waals surface area contributed by atoms with Gasteiger partial charge in [0.1, 0.15) is 10.7 Å². The molecular weight excluding hydrogens is 240 g/mol. The molecule has 0 unspecified atom stereocenters. The molecule has 0 aliphatic rings. The van der Waals surface area contributed by atoms with E-state index in [4.69, 9.17) is 10.3 Å². The first-order valence-electron chi connectivity index (χ1n) is 5.00. The third kappa shape index (κ3) is 2.34. The summed E-state index contributed by atoms with van der Waals surface area (Å²) in [7, 11) is 0. The molecule has 90 valence electrons. The van der Waals surface area contributed by atoms with Gasteiger partial charge in [-0.1, -0.05) is 5.16 Å². The van der Waals surface area contributed by atoms with Crippen molar-refractivity contribution < 1.29 is 9.32 Å². The number of amides is 1. The van der Waals surface area contributed by atoms with E-state index in [1.54, 1.807) is 5.38 Å². The Hall–Kier alpha value is -1.73. The van der Waals surface area contributed by atoms with Crippen LogP contribution in [0.5, 0.6) is 0 Å². The third-order valence-corrected chi connectivity index (χ3v) is 3.21. The molecule has 0 spiro atoms. The molecule has 1 amide bonds. The summed E-state index contributed by atoms with van der Waals surface area (Å²) in [6.07, 6.45) is 0. The largest absolute Gasteiger partial charge is 0.338 e. The van der Waals surface area contributed by atoms with E-state index in [-0.39, 0.29) is 5.91 Å². The summed E-state index contributed by atoms with van der Waals surface area (Å²) in [6.45, 7) is 3.97. The molecule has 0 bridgehead atoms. The maximum atomic E-state index is 11.8. The Bertz CT molecular complexity index is 546. The van der Waals surface area contributed by atoms with Gasteiger partial charge in [-0.05, 0) is 13.8 Å². The second-order valence-electron chi connectivity index (χ2n) is 3.51. The van der Waals surface area contributed by atoms with Crippen LogP contribution in [0.1, 0.15) is 26.8 Å². The highest BCUT2D eigenvalue weighted by Crippen LogP contribution is 2.18. The van der Waals surface area contributed by atoms with Gasteiger partial charge in [-0.15, -0.1) is 11.3 Å². The lowest BCUT2D eigenvalue weighted by Gasteiger charge is -1.98. The number of hydrogen-bond acceptors (Lipinski definition) is 6. The Morgan fingerprint density at radius 1 is 1.59 bits per heavy atom. The summed E-state index contributed by atoms with van der Waals surface area (Å²) in [5, 5.41) is 8.76. The molecule has 2 rings (SSSR count). The number of nitrogens with two attached hydrogens (primary N) is 1. The predicted octanol–water partition coefficient (Wildman–Crippen LogP) is 1.46. The second kappa shape index (κ2) is 4.64. The summed E-state index contributed by atoms with van der Waals surface area (Å²) in [5.74, 6) is 0.0370. The van der Waals surface area contributed by atoms with Crippen molar-refractivity contribution in [1.82, 2.24) is 10.1 Å². The van der Waals surface area contributed by atoms with Crippen LogP contribution in [0.3, 0.4) is 0 Å². The standard InChI is InChI=1S/C10H12N4O2S/c1-5-6(2)14-16-10(5)13-9(15)7-4-17-8(3-11)12-7/h4H,3,11H2,1-2H3,(H,13,15). The molecule has 7 heteroatoms. The number of aromatic nitrogens is 2. The normalized spacial score (nSPS) is 10.5. The lowest BCUT2D eigenvalue weighted by molar-refractivity contribution is 0.101. The number of rotatable bonds is 3. The van der Waals surface area contributed by atoms with Crippen LogP contribution >= 0.6 is 11.3 Å². The Morgan fingerprint density at radius 3 is 2.88 bits per heavy atom. The minimum absolute atomic E-state index is 0.319. The average molecular weight is 252 g/mol. The molecule has 0 saturated carbocycles. The molecule has 0 radical (unpaired) electrons. The van der Waals surface area contributed by atoms with Crippen LogP contribution in [0.2, 0.25) is 0 Å². The van der Waals surface area contributed by atoms with E-state index in [0.717, 1.165) is 16.3 Å². The fourth-order valence-corrected chi connectivity index (χ4v) is 1.86. The van der Waals surface area contributed by atoms with Crippen LogP contribution in [0.4, 0.5) is 5.88 Å². The lowest BCUT2D eigenvalue weighted by Crippen LogP contribution is -2.12. The number of hydrogen-bond donors (Lipinski definition) is 2. The van der Waals surface area contributed by atoms with Gasteiger partial charge >= 0.3 is 0 Å². The highest BCUT2D eigenvalue weighted by atomic mass is 32.1. The first-order valence-corrected chi connectivity index (χ1v) is 5.88. The van der Waals surface area contributed by atoms with Gasteiger partial charge in [0.25, 0.3) is 5.91 Å². The summed E-state index contributed by atoms with van der Waals surface area (Å²) in [5.41, 5.74) is 7.33. The van der Waals surface area contributed by atoms with E-state index in [1.807, 2.05) is 13.8 Å². The fraction of sp³-hybridized carbons (Fsp3) is 0.300. The fourth-order valence-electron chi connectivity index (χ4n) is 1.21. The van der Waals surface area contributed by atoms with Crippen LogP contribution in [-0.2, 0) is 6.54 Å². The highest BCUT2D eigenvalue weighted by molar-refractivity contribution is 7.09. The molecule has 0 aliphatic carbocycles. The molecule has 6 nitrogen and oxygen atoms in total. The van der Waals surface area contributed by atoms with Crippen LogP contribution in [0.15, 0.2) is 9.90 Å². The molecular formula is C10H12N4O2S. The first kappa shape index (κ1) is 11.7. The topological polar surface area (TPSA) is 94.0 Å². The first-order chi connectivity index (χ1) is 8.11. The smallest absolute Gasteiger partial charge is 0.277 e. The lowest BCUT2D eigenvalue weighted by atomic mass is 10.3. The molecule has 2 heterocycles. The number of nitrogens with one attached hydrogen (secondary N) is 1. The van der Waals surface area contributed by atoms with Gasteiger partial charge < -0.3 is 10.3 Å². The van der Waals surface area contributed by atoms with Crippen molar-refractivity contribution in [1.29, 1.82) is 0 Å². The second-order valence-corrected chi connectivity index (χ2v) is 4.45. The zero-order valence-electron chi connectivity index (χ0n) is 9.48. The van der Waals surface area contributed by atoms with Crippen molar-refractivity contribution >= 4 is 23.1 Å². The number of thiazole rings is 1. The Morgan fingerprint density at radius 2 is 2.35 bits per heavy atom. The summed E-state index contributed by atoms with van der Waals surface area (Å²) >= 11 is 1.35. The Kier molecular flexibility index (Phi) is 3.21. The molecule has 0 atom stereocenters. The quantitative estimate of drug-likeness (QED) is 0.862. The van der Waals surface area contributed by atoms with Crippen LogP contribution in [-0.4, -0.2) is 16.0 Å². The zero-order valence-corrected chi connectivity index (χ0v) is 10.3. The van der Waals surface area contributed by atoms with Crippen molar-refractivity contribution in [2.75, 3.05) is 5.32 Å².